The van der Waals surface area contributed by atoms with E-state index in [0.717, 1.165) is 31.4 Å². The molecule has 1 atom stereocenters. The second kappa shape index (κ2) is 7.88. The Bertz CT molecular complexity index is 685. The molecule has 2 heterocycles. The van der Waals surface area contributed by atoms with Crippen LogP contribution in [0.3, 0.4) is 0 Å². The molecule has 1 aliphatic heterocycles. The van der Waals surface area contributed by atoms with Crippen LogP contribution in [0.2, 0.25) is 0 Å². The largest absolute Gasteiger partial charge is 0.439 e. The minimum atomic E-state index is -0.317. The van der Waals surface area contributed by atoms with Gasteiger partial charge in [0.25, 0.3) is 0 Å². The van der Waals surface area contributed by atoms with Gasteiger partial charge in [0.05, 0.1) is 6.04 Å². The van der Waals surface area contributed by atoms with Gasteiger partial charge in [0, 0.05) is 18.8 Å². The van der Waals surface area contributed by atoms with Gasteiger partial charge in [-0.3, -0.25) is 4.79 Å². The number of carbonyl (C=O) groups excluding carboxylic acids is 1. The lowest BCUT2D eigenvalue weighted by Crippen LogP contribution is -2.46. The van der Waals surface area contributed by atoms with Crippen LogP contribution in [0.4, 0.5) is 4.39 Å². The first-order valence-corrected chi connectivity index (χ1v) is 8.10. The molecule has 1 amide bonds. The number of nitrogens with zero attached hydrogens (tertiary/aromatic N) is 1. The minimum absolute atomic E-state index is 0.0208. The summed E-state index contributed by atoms with van der Waals surface area (Å²) in [5, 5.41) is 6.16. The lowest BCUT2D eigenvalue weighted by atomic mass is 10.0. The first-order valence-electron chi connectivity index (χ1n) is 8.10. The van der Waals surface area contributed by atoms with Crippen molar-refractivity contribution in [3.8, 4) is 11.6 Å². The molecule has 2 N–H and O–H groups in total. The van der Waals surface area contributed by atoms with E-state index in [-0.39, 0.29) is 17.8 Å². The monoisotopic (exact) mass is 329 g/mol. The van der Waals surface area contributed by atoms with Gasteiger partial charge in [-0.25, -0.2) is 9.37 Å². The molecule has 0 aliphatic carbocycles. The van der Waals surface area contributed by atoms with Gasteiger partial charge in [0.1, 0.15) is 11.6 Å². The summed E-state index contributed by atoms with van der Waals surface area (Å²) in [6.45, 7) is 1.31. The van der Waals surface area contributed by atoms with Crippen LogP contribution in [0.5, 0.6) is 11.6 Å². The van der Waals surface area contributed by atoms with Crippen molar-refractivity contribution in [2.75, 3.05) is 6.54 Å². The van der Waals surface area contributed by atoms with E-state index in [1.165, 1.54) is 12.1 Å². The summed E-state index contributed by atoms with van der Waals surface area (Å²) in [5.41, 5.74) is 0.895. The van der Waals surface area contributed by atoms with Crippen LogP contribution in [-0.2, 0) is 11.3 Å². The molecule has 6 heteroatoms. The Kier molecular flexibility index (Phi) is 5.38. The quantitative estimate of drug-likeness (QED) is 0.885. The number of aromatic nitrogens is 1. The summed E-state index contributed by atoms with van der Waals surface area (Å²) < 4.78 is 18.5. The first-order chi connectivity index (χ1) is 11.7. The molecule has 0 radical (unpaired) electrons. The van der Waals surface area contributed by atoms with E-state index in [1.54, 1.807) is 24.4 Å². The first kappa shape index (κ1) is 16.4. The molecule has 1 saturated heterocycles. The van der Waals surface area contributed by atoms with Crippen molar-refractivity contribution < 1.29 is 13.9 Å². The number of hydrogen-bond acceptors (Lipinski definition) is 4. The average Bonchev–Trinajstić information content (AvgIpc) is 2.63. The highest BCUT2D eigenvalue weighted by Crippen LogP contribution is 2.20. The van der Waals surface area contributed by atoms with Crippen LogP contribution in [0.1, 0.15) is 24.8 Å². The smallest absolute Gasteiger partial charge is 0.237 e. The van der Waals surface area contributed by atoms with E-state index in [9.17, 15) is 9.18 Å². The third kappa shape index (κ3) is 4.52. The van der Waals surface area contributed by atoms with Crippen molar-refractivity contribution >= 4 is 5.91 Å². The molecule has 5 nitrogen and oxygen atoms in total. The Hall–Kier alpha value is -2.47. The maximum Gasteiger partial charge on any atom is 0.237 e. The molecular formula is C18H20FN3O2. The number of pyridine rings is 1. The van der Waals surface area contributed by atoms with Crippen LogP contribution in [0.25, 0.3) is 0 Å². The molecule has 3 rings (SSSR count). The molecular weight excluding hydrogens is 309 g/mol. The van der Waals surface area contributed by atoms with Gasteiger partial charge in [-0.2, -0.15) is 0 Å². The summed E-state index contributed by atoms with van der Waals surface area (Å²) in [4.78, 5) is 16.3. The number of halogens is 1. The van der Waals surface area contributed by atoms with Crippen LogP contribution in [-0.4, -0.2) is 23.5 Å². The molecule has 0 saturated carbocycles. The van der Waals surface area contributed by atoms with Crippen molar-refractivity contribution in [2.45, 2.75) is 31.8 Å². The Morgan fingerprint density at radius 3 is 2.88 bits per heavy atom. The Morgan fingerprint density at radius 1 is 1.29 bits per heavy atom. The van der Waals surface area contributed by atoms with Gasteiger partial charge >= 0.3 is 0 Å². The highest BCUT2D eigenvalue weighted by Gasteiger charge is 2.19. The van der Waals surface area contributed by atoms with Crippen molar-refractivity contribution in [1.29, 1.82) is 0 Å². The van der Waals surface area contributed by atoms with E-state index < -0.39 is 0 Å². The molecule has 0 bridgehead atoms. The van der Waals surface area contributed by atoms with Gasteiger partial charge < -0.3 is 15.4 Å². The maximum atomic E-state index is 12.9. The second-order valence-corrected chi connectivity index (χ2v) is 5.78. The van der Waals surface area contributed by atoms with Crippen molar-refractivity contribution in [3.05, 3.63) is 54.0 Å². The number of amides is 1. The number of hydrogen-bond donors (Lipinski definition) is 2. The highest BCUT2D eigenvalue weighted by molar-refractivity contribution is 5.81. The molecule has 1 aromatic carbocycles. The molecule has 1 fully saturated rings. The van der Waals surface area contributed by atoms with Gasteiger partial charge in [-0.15, -0.1) is 0 Å². The van der Waals surface area contributed by atoms with E-state index in [2.05, 4.69) is 15.6 Å². The molecule has 1 aliphatic rings. The Morgan fingerprint density at radius 2 is 2.12 bits per heavy atom. The zero-order valence-corrected chi connectivity index (χ0v) is 13.3. The maximum absolute atomic E-state index is 12.9. The lowest BCUT2D eigenvalue weighted by molar-refractivity contribution is -0.123. The Balaban J connectivity index is 1.56. The van der Waals surface area contributed by atoms with Crippen LogP contribution < -0.4 is 15.4 Å². The fourth-order valence-corrected chi connectivity index (χ4v) is 2.63. The second-order valence-electron chi connectivity index (χ2n) is 5.78. The summed E-state index contributed by atoms with van der Waals surface area (Å²) >= 11 is 0. The number of piperidine rings is 1. The number of ether oxygens (including phenoxy) is 1. The van der Waals surface area contributed by atoms with Crippen molar-refractivity contribution in [3.63, 3.8) is 0 Å². The van der Waals surface area contributed by atoms with Gasteiger partial charge in [0.15, 0.2) is 0 Å². The number of carbonyl (C=O) groups is 1. The third-order valence-electron chi connectivity index (χ3n) is 3.93. The topological polar surface area (TPSA) is 63.2 Å². The summed E-state index contributed by atoms with van der Waals surface area (Å²) in [5.74, 6) is 0.622. The summed E-state index contributed by atoms with van der Waals surface area (Å²) in [6.07, 6.45) is 4.70. The van der Waals surface area contributed by atoms with Gasteiger partial charge in [-0.05, 0) is 55.3 Å². The van der Waals surface area contributed by atoms with E-state index in [4.69, 9.17) is 4.74 Å². The molecule has 24 heavy (non-hydrogen) atoms. The molecule has 126 valence electrons. The van der Waals surface area contributed by atoms with Crippen LogP contribution in [0.15, 0.2) is 42.6 Å². The normalized spacial score (nSPS) is 17.3. The summed E-state index contributed by atoms with van der Waals surface area (Å²) in [6, 6.07) is 9.23. The molecule has 0 unspecified atom stereocenters. The zero-order valence-electron chi connectivity index (χ0n) is 13.3. The van der Waals surface area contributed by atoms with Crippen LogP contribution >= 0.6 is 0 Å². The molecule has 0 spiro atoms. The van der Waals surface area contributed by atoms with Crippen molar-refractivity contribution in [1.82, 2.24) is 15.6 Å². The number of rotatable bonds is 5. The molecule has 2 aromatic rings. The fourth-order valence-electron chi connectivity index (χ4n) is 2.63. The summed E-state index contributed by atoms with van der Waals surface area (Å²) in [7, 11) is 0. The highest BCUT2D eigenvalue weighted by atomic mass is 19.1. The minimum Gasteiger partial charge on any atom is -0.439 e. The zero-order chi connectivity index (χ0) is 16.8. The predicted octanol–water partition coefficient (Wildman–Crippen LogP) is 2.77. The van der Waals surface area contributed by atoms with Gasteiger partial charge in [0.2, 0.25) is 11.8 Å². The standard InChI is InChI=1S/C18H20FN3O2/c19-14-4-6-15(7-5-14)24-17-11-13(8-10-21-17)12-22-18(23)16-3-1-2-9-20-16/h4-8,10-11,16,20H,1-3,9,12H2,(H,22,23)/t16-/m1/s1. The third-order valence-corrected chi connectivity index (χ3v) is 3.93. The van der Waals surface area contributed by atoms with Crippen molar-refractivity contribution in [2.24, 2.45) is 0 Å². The van der Waals surface area contributed by atoms with E-state index in [1.807, 2.05) is 6.07 Å². The lowest BCUT2D eigenvalue weighted by Gasteiger charge is -2.22. The SMILES string of the molecule is O=C(NCc1ccnc(Oc2ccc(F)cc2)c1)[C@H]1CCCCN1. The fraction of sp³-hybridized carbons (Fsp3) is 0.333. The van der Waals surface area contributed by atoms with Crippen LogP contribution in [0, 0.1) is 5.82 Å². The molecule has 1 aromatic heterocycles. The van der Waals surface area contributed by atoms with Gasteiger partial charge in [-0.1, -0.05) is 6.42 Å². The number of benzene rings is 1. The number of nitrogens with one attached hydrogen (secondary N) is 2. The average molecular weight is 329 g/mol. The van der Waals surface area contributed by atoms with E-state index >= 15 is 0 Å². The predicted molar refractivity (Wildman–Crippen MR) is 88.2 cm³/mol. The van der Waals surface area contributed by atoms with E-state index in [0.29, 0.717) is 18.2 Å². The Labute approximate surface area is 140 Å².